The number of carbonyl (C=O) groups is 2. The van der Waals surface area contributed by atoms with Crippen molar-refractivity contribution < 1.29 is 9.59 Å². The minimum absolute atomic E-state index is 0.0621. The molecule has 0 radical (unpaired) electrons. The maximum absolute atomic E-state index is 14.5. The van der Waals surface area contributed by atoms with Gasteiger partial charge in [0, 0.05) is 29.2 Å². The van der Waals surface area contributed by atoms with Crippen molar-refractivity contribution in [2.45, 2.75) is 89.3 Å². The predicted octanol–water partition coefficient (Wildman–Crippen LogP) is 5.40. The lowest BCUT2D eigenvalue weighted by atomic mass is 9.87. The molecule has 8 heteroatoms. The van der Waals surface area contributed by atoms with Crippen molar-refractivity contribution in [3.05, 3.63) is 65.9 Å². The minimum atomic E-state index is -0.976. The van der Waals surface area contributed by atoms with Crippen LogP contribution < -0.4 is 10.2 Å². The summed E-state index contributed by atoms with van der Waals surface area (Å²) in [5, 5.41) is 22.4. The molecule has 208 valence electrons. The molecular weight excluding hydrogens is 500 g/mol. The molecule has 0 spiro atoms. The zero-order valence-electron chi connectivity index (χ0n) is 23.6. The number of amides is 2. The number of likely N-dealkylation sites (tertiary alicyclic amines) is 1. The Kier molecular flexibility index (Phi) is 8.02. The fourth-order valence-corrected chi connectivity index (χ4v) is 6.00. The smallest absolute Gasteiger partial charge is 0.251 e. The van der Waals surface area contributed by atoms with E-state index in [1.54, 1.807) is 11.1 Å². The predicted molar refractivity (Wildman–Crippen MR) is 155 cm³/mol. The number of fused-ring (bicyclic) bond motifs is 1. The van der Waals surface area contributed by atoms with E-state index in [9.17, 15) is 14.9 Å². The molecule has 2 aliphatic rings. The number of nitrogens with zero attached hydrogens (tertiary/aromatic N) is 5. The maximum Gasteiger partial charge on any atom is 0.251 e. The number of hydrogen-bond donors (Lipinski definition) is 1. The molecule has 2 fully saturated rings. The van der Waals surface area contributed by atoms with Gasteiger partial charge in [-0.15, -0.1) is 0 Å². The van der Waals surface area contributed by atoms with Crippen molar-refractivity contribution in [3.63, 3.8) is 0 Å². The number of nitrogens with one attached hydrogen (secondary N) is 1. The van der Waals surface area contributed by atoms with Gasteiger partial charge < -0.3 is 5.32 Å². The van der Waals surface area contributed by atoms with Crippen LogP contribution in [0.3, 0.4) is 0 Å². The normalized spacial score (nSPS) is 18.8. The van der Waals surface area contributed by atoms with Gasteiger partial charge in [0.1, 0.15) is 12.1 Å². The van der Waals surface area contributed by atoms with Crippen LogP contribution in [0.5, 0.6) is 0 Å². The number of nitriles is 1. The lowest BCUT2D eigenvalue weighted by Gasteiger charge is -2.36. The molecule has 1 aromatic heterocycles. The van der Waals surface area contributed by atoms with Gasteiger partial charge in [-0.25, -0.2) is 0 Å². The van der Waals surface area contributed by atoms with Gasteiger partial charge in [0.25, 0.3) is 5.91 Å². The second kappa shape index (κ2) is 11.6. The highest BCUT2D eigenvalue weighted by atomic mass is 16.2. The van der Waals surface area contributed by atoms with Gasteiger partial charge in [-0.2, -0.15) is 15.5 Å². The van der Waals surface area contributed by atoms with Crippen LogP contribution in [-0.4, -0.2) is 45.5 Å². The third kappa shape index (κ3) is 5.65. The molecular formula is C32H38N6O2. The molecule has 2 heterocycles. The van der Waals surface area contributed by atoms with Crippen LogP contribution in [0.15, 0.2) is 54.7 Å². The Labute approximate surface area is 236 Å². The highest BCUT2D eigenvalue weighted by Crippen LogP contribution is 2.35. The quantitative estimate of drug-likeness (QED) is 0.422. The molecule has 8 nitrogen and oxygen atoms in total. The molecule has 40 heavy (non-hydrogen) atoms. The van der Waals surface area contributed by atoms with E-state index < -0.39 is 12.1 Å². The summed E-state index contributed by atoms with van der Waals surface area (Å²) in [4.78, 5) is 31.9. The average Bonchev–Trinajstić information content (AvgIpc) is 3.45. The first-order chi connectivity index (χ1) is 19.3. The van der Waals surface area contributed by atoms with E-state index in [2.05, 4.69) is 42.5 Å². The van der Waals surface area contributed by atoms with Crippen molar-refractivity contribution in [2.24, 2.45) is 0 Å². The van der Waals surface area contributed by atoms with Crippen LogP contribution in [0.4, 0.5) is 5.69 Å². The van der Waals surface area contributed by atoms with Gasteiger partial charge in [-0.1, -0.05) is 70.4 Å². The first-order valence-electron chi connectivity index (χ1n) is 14.4. The fourth-order valence-electron chi connectivity index (χ4n) is 6.00. The van der Waals surface area contributed by atoms with E-state index in [1.807, 2.05) is 48.5 Å². The van der Waals surface area contributed by atoms with Crippen molar-refractivity contribution in [2.75, 3.05) is 11.4 Å². The standard InChI is InChI=1S/C32H38N6O2/c1-32(2,3)22-15-17-24(18-16-22)38(31(40)28-14-9-19-37(28)21-33)29(30(39)35-23-10-5-4-6-11-23)26-20-34-36-27-13-8-7-12-25(26)27/h7-8,12-13,15-18,20,23,28-29H,4-6,9-11,14,19H2,1-3H3,(H,35,39)/t28-,29?/m1/s1. The first kappa shape index (κ1) is 27.6. The zero-order chi connectivity index (χ0) is 28.3. The van der Waals surface area contributed by atoms with Gasteiger partial charge in [-0.05, 0) is 54.9 Å². The van der Waals surface area contributed by atoms with Crippen molar-refractivity contribution in [1.29, 1.82) is 5.26 Å². The summed E-state index contributed by atoms with van der Waals surface area (Å²) in [5.74, 6) is -0.493. The van der Waals surface area contributed by atoms with E-state index in [4.69, 9.17) is 0 Å². The summed E-state index contributed by atoms with van der Waals surface area (Å²) < 4.78 is 0. The molecule has 2 amide bonds. The van der Waals surface area contributed by atoms with E-state index in [1.165, 1.54) is 11.3 Å². The Balaban J connectivity index is 1.66. The van der Waals surface area contributed by atoms with Crippen LogP contribution in [0, 0.1) is 11.5 Å². The number of benzene rings is 2. The van der Waals surface area contributed by atoms with Gasteiger partial charge in [-0.3, -0.25) is 19.4 Å². The van der Waals surface area contributed by atoms with Crippen LogP contribution in [0.25, 0.3) is 10.9 Å². The summed E-state index contributed by atoms with van der Waals surface area (Å²) in [6.45, 7) is 6.96. The summed E-state index contributed by atoms with van der Waals surface area (Å²) in [6.07, 6.45) is 10.3. The highest BCUT2D eigenvalue weighted by Gasteiger charge is 2.41. The number of aromatic nitrogens is 2. The molecule has 1 aliphatic carbocycles. The van der Waals surface area contributed by atoms with E-state index in [0.29, 0.717) is 29.7 Å². The molecule has 1 saturated heterocycles. The Hall–Kier alpha value is -3.99. The summed E-state index contributed by atoms with van der Waals surface area (Å²) in [5.41, 5.74) is 2.95. The van der Waals surface area contributed by atoms with Gasteiger partial charge in [0.15, 0.2) is 6.19 Å². The Bertz CT molecular complexity index is 1400. The van der Waals surface area contributed by atoms with Gasteiger partial charge in [0.2, 0.25) is 5.91 Å². The van der Waals surface area contributed by atoms with Crippen LogP contribution in [0.2, 0.25) is 0 Å². The highest BCUT2D eigenvalue weighted by molar-refractivity contribution is 6.05. The largest absolute Gasteiger partial charge is 0.351 e. The number of carbonyl (C=O) groups excluding carboxylic acids is 2. The molecule has 1 aliphatic heterocycles. The van der Waals surface area contributed by atoms with E-state index >= 15 is 0 Å². The lowest BCUT2D eigenvalue weighted by molar-refractivity contribution is -0.128. The molecule has 2 atom stereocenters. The number of hydrogen-bond acceptors (Lipinski definition) is 6. The van der Waals surface area contributed by atoms with Crippen molar-refractivity contribution >= 4 is 28.4 Å². The molecule has 1 unspecified atom stereocenters. The van der Waals surface area contributed by atoms with Crippen molar-refractivity contribution in [3.8, 4) is 6.19 Å². The summed E-state index contributed by atoms with van der Waals surface area (Å²) in [6, 6.07) is 13.9. The third-order valence-corrected chi connectivity index (χ3v) is 8.25. The minimum Gasteiger partial charge on any atom is -0.351 e. The van der Waals surface area contributed by atoms with Crippen LogP contribution in [0.1, 0.15) is 82.9 Å². The van der Waals surface area contributed by atoms with Crippen LogP contribution >= 0.6 is 0 Å². The molecule has 1 N–H and O–H groups in total. The van der Waals surface area contributed by atoms with Crippen molar-refractivity contribution in [1.82, 2.24) is 20.4 Å². The maximum atomic E-state index is 14.5. The second-order valence-corrected chi connectivity index (χ2v) is 12.0. The van der Waals surface area contributed by atoms with E-state index in [-0.39, 0.29) is 23.3 Å². The SMILES string of the molecule is CC(C)(C)c1ccc(N(C(=O)[C@H]2CCCN2C#N)C(C(=O)NC2CCCCC2)c2cnnc3ccccc23)cc1. The molecule has 5 rings (SSSR count). The van der Waals surface area contributed by atoms with E-state index in [0.717, 1.165) is 43.1 Å². The summed E-state index contributed by atoms with van der Waals surface area (Å²) >= 11 is 0. The first-order valence-corrected chi connectivity index (χ1v) is 14.4. The monoisotopic (exact) mass is 538 g/mol. The lowest BCUT2D eigenvalue weighted by Crippen LogP contribution is -2.51. The van der Waals surface area contributed by atoms with Gasteiger partial charge in [0.05, 0.1) is 11.7 Å². The summed E-state index contributed by atoms with van der Waals surface area (Å²) in [7, 11) is 0. The zero-order valence-corrected chi connectivity index (χ0v) is 23.6. The van der Waals surface area contributed by atoms with Gasteiger partial charge >= 0.3 is 0 Å². The third-order valence-electron chi connectivity index (χ3n) is 8.25. The molecule has 2 aromatic carbocycles. The molecule has 0 bridgehead atoms. The number of rotatable bonds is 6. The average molecular weight is 539 g/mol. The Morgan fingerprint density at radius 2 is 1.75 bits per heavy atom. The Morgan fingerprint density at radius 3 is 2.45 bits per heavy atom. The van der Waals surface area contributed by atoms with Crippen LogP contribution in [-0.2, 0) is 15.0 Å². The molecule has 3 aromatic rings. The second-order valence-electron chi connectivity index (χ2n) is 12.0. The number of anilines is 1. The fraction of sp³-hybridized carbons (Fsp3) is 0.469. The Morgan fingerprint density at radius 1 is 1.02 bits per heavy atom. The molecule has 1 saturated carbocycles. The topological polar surface area (TPSA) is 102 Å².